The summed E-state index contributed by atoms with van der Waals surface area (Å²) in [6, 6.07) is 12.3. The minimum Gasteiger partial charge on any atom is -0.407 e. The highest BCUT2D eigenvalue weighted by Gasteiger charge is 2.32. The van der Waals surface area contributed by atoms with Crippen LogP contribution in [-0.4, -0.2) is 41.9 Å². The third-order valence-corrected chi connectivity index (χ3v) is 8.06. The van der Waals surface area contributed by atoms with Crippen LogP contribution in [0.4, 0.5) is 6.01 Å². The Bertz CT molecular complexity index is 1250. The number of benzene rings is 2. The lowest BCUT2D eigenvalue weighted by Crippen LogP contribution is -2.41. The van der Waals surface area contributed by atoms with Gasteiger partial charge in [-0.2, -0.15) is 4.31 Å². The zero-order chi connectivity index (χ0) is 23.6. The molecule has 3 aromatic rings. The van der Waals surface area contributed by atoms with E-state index in [-0.39, 0.29) is 35.8 Å². The highest BCUT2D eigenvalue weighted by molar-refractivity contribution is 7.89. The Morgan fingerprint density at radius 2 is 1.79 bits per heavy atom. The minimum atomic E-state index is -3.62. The summed E-state index contributed by atoms with van der Waals surface area (Å²) in [7, 11) is -3.62. The fraction of sp³-hybridized carbons (Fsp3) is 0.348. The van der Waals surface area contributed by atoms with Crippen molar-refractivity contribution < 1.29 is 17.6 Å². The molecule has 33 heavy (non-hydrogen) atoms. The van der Waals surface area contributed by atoms with Gasteiger partial charge in [0.2, 0.25) is 21.8 Å². The third-order valence-electron chi connectivity index (χ3n) is 5.90. The first-order valence-corrected chi connectivity index (χ1v) is 12.5. The summed E-state index contributed by atoms with van der Waals surface area (Å²) >= 11 is 5.85. The predicted molar refractivity (Wildman–Crippen MR) is 125 cm³/mol. The number of sulfonamides is 1. The van der Waals surface area contributed by atoms with Crippen molar-refractivity contribution in [3.63, 3.8) is 0 Å². The number of amides is 1. The number of rotatable bonds is 6. The average Bonchev–Trinajstić information content (AvgIpc) is 3.23. The van der Waals surface area contributed by atoms with Crippen molar-refractivity contribution in [1.82, 2.24) is 14.5 Å². The number of anilines is 1. The molecule has 1 saturated heterocycles. The number of hydrogen-bond donors (Lipinski definition) is 1. The second-order valence-corrected chi connectivity index (χ2v) is 10.6. The Morgan fingerprint density at radius 3 is 2.45 bits per heavy atom. The van der Waals surface area contributed by atoms with Gasteiger partial charge in [0.05, 0.1) is 11.3 Å². The smallest absolute Gasteiger partial charge is 0.322 e. The van der Waals surface area contributed by atoms with Gasteiger partial charge in [0.1, 0.15) is 0 Å². The Hall–Kier alpha value is -2.75. The van der Waals surface area contributed by atoms with Gasteiger partial charge >= 0.3 is 6.01 Å². The lowest BCUT2D eigenvalue weighted by Gasteiger charge is -2.30. The van der Waals surface area contributed by atoms with Crippen molar-refractivity contribution in [2.75, 3.05) is 18.4 Å². The fourth-order valence-electron chi connectivity index (χ4n) is 3.79. The van der Waals surface area contributed by atoms with E-state index in [1.165, 1.54) is 27.6 Å². The highest BCUT2D eigenvalue weighted by atomic mass is 35.5. The molecule has 1 aromatic heterocycles. The quantitative estimate of drug-likeness (QED) is 0.562. The van der Waals surface area contributed by atoms with Gasteiger partial charge in [-0.25, -0.2) is 8.42 Å². The van der Waals surface area contributed by atoms with Crippen molar-refractivity contribution in [2.24, 2.45) is 5.92 Å². The fourth-order valence-corrected chi connectivity index (χ4v) is 5.38. The van der Waals surface area contributed by atoms with Gasteiger partial charge in [-0.3, -0.25) is 10.1 Å². The maximum Gasteiger partial charge on any atom is 0.322 e. The first-order valence-electron chi connectivity index (χ1n) is 10.7. The van der Waals surface area contributed by atoms with E-state index in [1.807, 2.05) is 19.1 Å². The molecule has 0 bridgehead atoms. The van der Waals surface area contributed by atoms with Crippen LogP contribution in [0.15, 0.2) is 51.8 Å². The maximum atomic E-state index is 12.8. The predicted octanol–water partition coefficient (Wildman–Crippen LogP) is 3.97. The zero-order valence-electron chi connectivity index (χ0n) is 18.4. The summed E-state index contributed by atoms with van der Waals surface area (Å²) in [5.41, 5.74) is 3.45. The molecule has 174 valence electrons. The normalized spacial score (nSPS) is 15.5. The molecule has 0 atom stereocenters. The molecule has 1 aliphatic rings. The number of aryl methyl sites for hydroxylation is 2. The lowest BCUT2D eigenvalue weighted by atomic mass is 9.97. The van der Waals surface area contributed by atoms with E-state index in [4.69, 9.17) is 16.0 Å². The van der Waals surface area contributed by atoms with Gasteiger partial charge in [-0.1, -0.05) is 34.9 Å². The van der Waals surface area contributed by atoms with Crippen LogP contribution < -0.4 is 5.32 Å². The van der Waals surface area contributed by atoms with E-state index in [0.29, 0.717) is 30.2 Å². The maximum absolute atomic E-state index is 12.8. The SMILES string of the molecule is Cc1ccc(Cc2nnc(NC(=O)C3CCN(S(=O)(=O)c4ccc(Cl)cc4)CC3)o2)cc1C. The first-order chi connectivity index (χ1) is 15.7. The second-order valence-electron chi connectivity index (χ2n) is 8.22. The van der Waals surface area contributed by atoms with Crippen LogP contribution in [0.3, 0.4) is 0 Å². The van der Waals surface area contributed by atoms with Gasteiger partial charge < -0.3 is 4.42 Å². The molecule has 0 unspecified atom stereocenters. The van der Waals surface area contributed by atoms with Gasteiger partial charge in [0.25, 0.3) is 0 Å². The van der Waals surface area contributed by atoms with Crippen LogP contribution in [-0.2, 0) is 21.2 Å². The number of aromatic nitrogens is 2. The van der Waals surface area contributed by atoms with E-state index in [1.54, 1.807) is 12.1 Å². The van der Waals surface area contributed by atoms with Gasteiger partial charge in [0, 0.05) is 24.0 Å². The average molecular weight is 489 g/mol. The van der Waals surface area contributed by atoms with Crippen molar-refractivity contribution >= 4 is 33.5 Å². The van der Waals surface area contributed by atoms with Crippen LogP contribution in [0.5, 0.6) is 0 Å². The summed E-state index contributed by atoms with van der Waals surface area (Å²) < 4.78 is 32.6. The third kappa shape index (κ3) is 5.43. The molecule has 1 amide bonds. The number of piperidine rings is 1. The minimum absolute atomic E-state index is 0.0510. The van der Waals surface area contributed by atoms with E-state index < -0.39 is 10.0 Å². The molecule has 4 rings (SSSR count). The number of nitrogens with zero attached hydrogens (tertiary/aromatic N) is 3. The van der Waals surface area contributed by atoms with Gasteiger partial charge in [0.15, 0.2) is 0 Å². The zero-order valence-corrected chi connectivity index (χ0v) is 20.0. The number of halogens is 1. The molecule has 1 aliphatic heterocycles. The summed E-state index contributed by atoms with van der Waals surface area (Å²) in [4.78, 5) is 12.9. The topological polar surface area (TPSA) is 105 Å². The van der Waals surface area contributed by atoms with Crippen LogP contribution in [0, 0.1) is 19.8 Å². The monoisotopic (exact) mass is 488 g/mol. The molecule has 0 saturated carbocycles. The molecule has 1 N–H and O–H groups in total. The number of hydrogen-bond acceptors (Lipinski definition) is 6. The Kier molecular flexibility index (Phi) is 6.83. The van der Waals surface area contributed by atoms with Crippen LogP contribution in [0.2, 0.25) is 5.02 Å². The first kappa shape index (κ1) is 23.4. The summed E-state index contributed by atoms with van der Waals surface area (Å²) in [6.07, 6.45) is 1.29. The highest BCUT2D eigenvalue weighted by Crippen LogP contribution is 2.25. The number of carbonyl (C=O) groups excluding carboxylic acids is 1. The standard InChI is InChI=1S/C23H25ClN4O4S/c1-15-3-4-17(13-16(15)2)14-21-26-27-23(32-21)25-22(29)18-9-11-28(12-10-18)33(30,31)20-7-5-19(24)6-8-20/h3-8,13,18H,9-12,14H2,1-2H3,(H,25,27,29). The van der Waals surface area contributed by atoms with Gasteiger partial charge in [-0.05, 0) is 67.6 Å². The molecular formula is C23H25ClN4O4S. The molecule has 0 aliphatic carbocycles. The van der Waals surface area contributed by atoms with Gasteiger partial charge in [-0.15, -0.1) is 5.10 Å². The molecule has 0 spiro atoms. The van der Waals surface area contributed by atoms with Crippen molar-refractivity contribution in [1.29, 1.82) is 0 Å². The van der Waals surface area contributed by atoms with E-state index in [2.05, 4.69) is 28.5 Å². The molecular weight excluding hydrogens is 464 g/mol. The second kappa shape index (κ2) is 9.62. The van der Waals surface area contributed by atoms with E-state index in [9.17, 15) is 13.2 Å². The largest absolute Gasteiger partial charge is 0.407 e. The Balaban J connectivity index is 1.32. The van der Waals surface area contributed by atoms with E-state index in [0.717, 1.165) is 5.56 Å². The summed E-state index contributed by atoms with van der Waals surface area (Å²) in [5.74, 6) is -0.172. The van der Waals surface area contributed by atoms with Crippen molar-refractivity contribution in [3.05, 3.63) is 70.1 Å². The summed E-state index contributed by atoms with van der Waals surface area (Å²) in [6.45, 7) is 4.61. The van der Waals surface area contributed by atoms with Crippen molar-refractivity contribution in [3.8, 4) is 0 Å². The molecule has 10 heteroatoms. The number of nitrogens with one attached hydrogen (secondary N) is 1. The molecule has 2 aromatic carbocycles. The van der Waals surface area contributed by atoms with Crippen LogP contribution in [0.25, 0.3) is 0 Å². The van der Waals surface area contributed by atoms with Crippen LogP contribution in [0.1, 0.15) is 35.4 Å². The number of carbonyl (C=O) groups is 1. The molecule has 2 heterocycles. The van der Waals surface area contributed by atoms with Crippen molar-refractivity contribution in [2.45, 2.75) is 38.0 Å². The molecule has 8 nitrogen and oxygen atoms in total. The van der Waals surface area contributed by atoms with E-state index >= 15 is 0 Å². The molecule has 0 radical (unpaired) electrons. The Labute approximate surface area is 198 Å². The molecule has 1 fully saturated rings. The van der Waals surface area contributed by atoms with Crippen LogP contribution >= 0.6 is 11.6 Å². The summed E-state index contributed by atoms with van der Waals surface area (Å²) in [5, 5.41) is 11.1. The Morgan fingerprint density at radius 1 is 1.09 bits per heavy atom. The lowest BCUT2D eigenvalue weighted by molar-refractivity contribution is -0.121.